The molecule has 0 saturated carbocycles. The second-order valence-electron chi connectivity index (χ2n) is 6.66. The van der Waals surface area contributed by atoms with E-state index in [9.17, 15) is 13.6 Å². The van der Waals surface area contributed by atoms with Crippen molar-refractivity contribution in [2.75, 3.05) is 5.75 Å². The van der Waals surface area contributed by atoms with Crippen molar-refractivity contribution < 1.29 is 32.6 Å². The number of halogens is 2. The van der Waals surface area contributed by atoms with E-state index in [-0.39, 0.29) is 18.1 Å². The topological polar surface area (TPSA) is 110 Å². The summed E-state index contributed by atoms with van der Waals surface area (Å²) in [6.45, 7) is -2.72. The maximum atomic E-state index is 12.4. The summed E-state index contributed by atoms with van der Waals surface area (Å²) in [4.78, 5) is 14.9. The lowest BCUT2D eigenvalue weighted by Gasteiger charge is -2.09. The minimum Gasteiger partial charge on any atom is -0.489 e. The third-order valence-corrected chi connectivity index (χ3v) is 5.11. The number of ether oxygens (including phenoxy) is 2. The van der Waals surface area contributed by atoms with E-state index in [1.165, 1.54) is 12.1 Å². The minimum absolute atomic E-state index is 0.0694. The van der Waals surface area contributed by atoms with Gasteiger partial charge >= 0.3 is 12.6 Å². The number of alkyl halides is 2. The second-order valence-corrected chi connectivity index (χ2v) is 7.60. The molecule has 4 rings (SSSR count). The van der Waals surface area contributed by atoms with Gasteiger partial charge in [0, 0.05) is 5.56 Å². The van der Waals surface area contributed by atoms with Gasteiger partial charge in [-0.2, -0.15) is 13.8 Å². The van der Waals surface area contributed by atoms with E-state index in [1.54, 1.807) is 42.5 Å². The van der Waals surface area contributed by atoms with Crippen LogP contribution in [0.5, 0.6) is 11.5 Å². The van der Waals surface area contributed by atoms with Crippen LogP contribution >= 0.6 is 11.8 Å². The lowest BCUT2D eigenvalue weighted by molar-refractivity contribution is -0.133. The Morgan fingerprint density at radius 3 is 2.70 bits per heavy atom. The largest absolute Gasteiger partial charge is 0.489 e. The van der Waals surface area contributed by atoms with E-state index in [0.29, 0.717) is 33.8 Å². The Hall–Kier alpha value is -3.86. The molecule has 0 amide bonds. The zero-order valence-corrected chi connectivity index (χ0v) is 17.7. The Labute approximate surface area is 190 Å². The lowest BCUT2D eigenvalue weighted by Crippen LogP contribution is -2.03. The Kier molecular flexibility index (Phi) is 6.89. The zero-order chi connectivity index (χ0) is 23.2. The lowest BCUT2D eigenvalue weighted by atomic mass is 10.1. The van der Waals surface area contributed by atoms with Gasteiger partial charge in [0.05, 0.1) is 5.75 Å². The quantitative estimate of drug-likeness (QED) is 0.307. The van der Waals surface area contributed by atoms with Crippen LogP contribution < -0.4 is 9.47 Å². The SMILES string of the molecule is O=C(O)CSc1n[nH]c(-c2ccc(-c3cccc(OCc4cccc(OC(F)F)c4)c3)o2)n1. The minimum atomic E-state index is -2.89. The van der Waals surface area contributed by atoms with E-state index in [0.717, 1.165) is 17.3 Å². The third kappa shape index (κ3) is 6.10. The standard InChI is InChI=1S/C22H17F2N3O5S/c23-21(24)31-16-6-1-3-13(9-16)11-30-15-5-2-4-14(10-15)17-7-8-18(32-17)20-25-22(27-26-20)33-12-19(28)29/h1-10,21H,11-12H2,(H,28,29)(H,25,26,27). The molecule has 0 bridgehead atoms. The van der Waals surface area contributed by atoms with Gasteiger partial charge in [0.25, 0.3) is 0 Å². The van der Waals surface area contributed by atoms with E-state index in [4.69, 9.17) is 14.3 Å². The number of H-pyrrole nitrogens is 1. The molecular weight excluding hydrogens is 456 g/mol. The van der Waals surface area contributed by atoms with Crippen molar-refractivity contribution in [2.45, 2.75) is 18.4 Å². The predicted octanol–water partition coefficient (Wildman–Crippen LogP) is 5.09. The Balaban J connectivity index is 1.42. The van der Waals surface area contributed by atoms with E-state index < -0.39 is 12.6 Å². The molecule has 2 aromatic heterocycles. The number of furan rings is 1. The van der Waals surface area contributed by atoms with E-state index in [1.807, 2.05) is 6.07 Å². The molecular formula is C22H17F2N3O5S. The first kappa shape index (κ1) is 22.3. The first-order valence-corrected chi connectivity index (χ1v) is 10.6. The number of nitrogens with one attached hydrogen (secondary N) is 1. The van der Waals surface area contributed by atoms with Crippen molar-refractivity contribution >= 4 is 17.7 Å². The van der Waals surface area contributed by atoms with Gasteiger partial charge < -0.3 is 19.0 Å². The molecule has 0 radical (unpaired) electrons. The average Bonchev–Trinajstić information content (AvgIpc) is 3.46. The number of thioether (sulfide) groups is 1. The third-order valence-electron chi connectivity index (χ3n) is 4.28. The van der Waals surface area contributed by atoms with Gasteiger partial charge in [-0.15, -0.1) is 5.10 Å². The smallest absolute Gasteiger partial charge is 0.387 e. The van der Waals surface area contributed by atoms with Gasteiger partial charge in [0.15, 0.2) is 11.6 Å². The molecule has 0 aliphatic heterocycles. The molecule has 170 valence electrons. The fourth-order valence-corrected chi connectivity index (χ4v) is 3.40. The molecule has 2 heterocycles. The van der Waals surface area contributed by atoms with Crippen molar-refractivity contribution in [3.8, 4) is 34.4 Å². The normalized spacial score (nSPS) is 11.0. The molecule has 0 atom stereocenters. The van der Waals surface area contributed by atoms with Crippen LogP contribution in [0, 0.1) is 0 Å². The number of nitrogens with zero attached hydrogens (tertiary/aromatic N) is 2. The van der Waals surface area contributed by atoms with Gasteiger partial charge in [-0.1, -0.05) is 36.0 Å². The number of aliphatic carboxylic acids is 1. The highest BCUT2D eigenvalue weighted by molar-refractivity contribution is 7.99. The van der Waals surface area contributed by atoms with Gasteiger partial charge in [-0.05, 0) is 42.0 Å². The first-order chi connectivity index (χ1) is 16.0. The van der Waals surface area contributed by atoms with Crippen LogP contribution in [-0.2, 0) is 11.4 Å². The summed E-state index contributed by atoms with van der Waals surface area (Å²) >= 11 is 1.00. The van der Waals surface area contributed by atoms with Crippen molar-refractivity contribution in [3.05, 3.63) is 66.2 Å². The summed E-state index contributed by atoms with van der Waals surface area (Å²) < 4.78 is 40.8. The Morgan fingerprint density at radius 1 is 1.09 bits per heavy atom. The molecule has 0 spiro atoms. The summed E-state index contributed by atoms with van der Waals surface area (Å²) in [5.41, 5.74) is 1.44. The fourth-order valence-electron chi connectivity index (χ4n) is 2.89. The van der Waals surface area contributed by atoms with Crippen LogP contribution in [0.25, 0.3) is 22.9 Å². The van der Waals surface area contributed by atoms with Gasteiger partial charge in [-0.3, -0.25) is 9.89 Å². The highest BCUT2D eigenvalue weighted by Gasteiger charge is 2.13. The Bertz CT molecular complexity index is 1240. The second kappa shape index (κ2) is 10.2. The van der Waals surface area contributed by atoms with Crippen molar-refractivity contribution in [1.29, 1.82) is 0 Å². The molecule has 4 aromatic rings. The molecule has 0 fully saturated rings. The number of rotatable bonds is 10. The van der Waals surface area contributed by atoms with Crippen molar-refractivity contribution in [2.24, 2.45) is 0 Å². The molecule has 2 N–H and O–H groups in total. The highest BCUT2D eigenvalue weighted by Crippen LogP contribution is 2.30. The summed E-state index contributed by atoms with van der Waals surface area (Å²) in [5, 5.41) is 15.8. The van der Waals surface area contributed by atoms with Gasteiger partial charge in [0.1, 0.15) is 23.9 Å². The summed E-state index contributed by atoms with van der Waals surface area (Å²) in [6.07, 6.45) is 0. The van der Waals surface area contributed by atoms with E-state index in [2.05, 4.69) is 19.9 Å². The number of carbonyl (C=O) groups is 1. The monoisotopic (exact) mass is 473 g/mol. The molecule has 2 aromatic carbocycles. The number of carboxylic acids is 1. The van der Waals surface area contributed by atoms with Gasteiger partial charge in [-0.25, -0.2) is 0 Å². The molecule has 0 aliphatic carbocycles. The van der Waals surface area contributed by atoms with Crippen LogP contribution in [0.3, 0.4) is 0 Å². The van der Waals surface area contributed by atoms with Crippen molar-refractivity contribution in [1.82, 2.24) is 15.2 Å². The number of aromatic amines is 1. The van der Waals surface area contributed by atoms with Crippen LogP contribution in [0.1, 0.15) is 5.56 Å². The van der Waals surface area contributed by atoms with Crippen LogP contribution in [0.4, 0.5) is 8.78 Å². The number of carboxylic acid groups (broad SMARTS) is 1. The molecule has 33 heavy (non-hydrogen) atoms. The summed E-state index contributed by atoms with van der Waals surface area (Å²) in [5.74, 6) is 0.936. The van der Waals surface area contributed by atoms with E-state index >= 15 is 0 Å². The highest BCUT2D eigenvalue weighted by atomic mass is 32.2. The summed E-state index contributed by atoms with van der Waals surface area (Å²) in [7, 11) is 0. The maximum Gasteiger partial charge on any atom is 0.387 e. The number of aromatic nitrogens is 3. The van der Waals surface area contributed by atoms with Crippen LogP contribution in [0.15, 0.2) is 70.2 Å². The molecule has 0 aliphatic rings. The molecule has 8 nitrogen and oxygen atoms in total. The maximum absolute atomic E-state index is 12.4. The number of hydrogen-bond acceptors (Lipinski definition) is 7. The zero-order valence-electron chi connectivity index (χ0n) is 16.9. The number of hydrogen-bond donors (Lipinski definition) is 2. The molecule has 11 heteroatoms. The van der Waals surface area contributed by atoms with Crippen LogP contribution in [0.2, 0.25) is 0 Å². The predicted molar refractivity (Wildman–Crippen MR) is 115 cm³/mol. The molecule has 0 unspecified atom stereocenters. The average molecular weight is 473 g/mol. The van der Waals surface area contributed by atoms with Gasteiger partial charge in [0.2, 0.25) is 5.16 Å². The van der Waals surface area contributed by atoms with Crippen molar-refractivity contribution in [3.63, 3.8) is 0 Å². The van der Waals surface area contributed by atoms with Crippen LogP contribution in [-0.4, -0.2) is 38.6 Å². The first-order valence-electron chi connectivity index (χ1n) is 9.60. The number of benzene rings is 2. The fraction of sp³-hybridized carbons (Fsp3) is 0.136. The molecule has 0 saturated heterocycles. The summed E-state index contributed by atoms with van der Waals surface area (Å²) in [6, 6.07) is 17.0. The Morgan fingerprint density at radius 2 is 1.88 bits per heavy atom.